The van der Waals surface area contributed by atoms with Gasteiger partial charge in [-0.3, -0.25) is 4.74 Å². The van der Waals surface area contributed by atoms with E-state index in [9.17, 15) is 46.1 Å². The Kier molecular flexibility index (Phi) is 7.40. The lowest BCUT2D eigenvalue weighted by molar-refractivity contribution is -0.547. The van der Waals surface area contributed by atoms with Crippen molar-refractivity contribution in [2.75, 3.05) is 19.8 Å². The zero-order valence-electron chi connectivity index (χ0n) is 15.1. The van der Waals surface area contributed by atoms with E-state index in [4.69, 9.17) is 18.9 Å². The first-order valence-electron chi connectivity index (χ1n) is 8.99. The van der Waals surface area contributed by atoms with Crippen LogP contribution in [0.15, 0.2) is 0 Å². The first kappa shape index (κ1) is 23.1. The molecule has 0 aromatic rings. The lowest BCUT2D eigenvalue weighted by Gasteiger charge is -2.42. The van der Waals surface area contributed by atoms with Gasteiger partial charge in [0.1, 0.15) is 42.7 Å². The molecule has 0 aliphatic carbocycles. The van der Waals surface area contributed by atoms with Crippen LogP contribution in [-0.4, -0.2) is 140 Å². The Hall–Kier alpha value is -0.560. The Bertz CT molecular complexity index is 537. The smallest absolute Gasteiger partial charge is 0.332 e. The van der Waals surface area contributed by atoms with E-state index >= 15 is 0 Å². The van der Waals surface area contributed by atoms with E-state index in [0.717, 1.165) is 0 Å². The number of ether oxygens (including phenoxy) is 4. The van der Waals surface area contributed by atoms with Gasteiger partial charge < -0.3 is 55.1 Å². The topological polar surface area (TPSA) is 222 Å². The average molecular weight is 431 g/mol. The second-order valence-electron chi connectivity index (χ2n) is 7.22. The second-order valence-corrected chi connectivity index (χ2v) is 7.22. The molecule has 0 radical (unpaired) electrons. The Balaban J connectivity index is 1.60. The van der Waals surface area contributed by atoms with E-state index in [1.165, 1.54) is 4.52 Å². The summed E-state index contributed by atoms with van der Waals surface area (Å²) in [6, 6.07) is 0. The van der Waals surface area contributed by atoms with Crippen LogP contribution in [0.3, 0.4) is 0 Å². The SMILES string of the molecule is O[C@@H]1[C@@H](O)[C@H](O[C@@H]2C[O+](O)[C@@H](O[C@@H]3CO[C@H](O)[C@H](O)[C@H]3O)[C@H](O)[C@H]2O)OC[C@H]1O. The molecule has 12 atom stereocenters. The Labute approximate surface area is 164 Å². The number of aliphatic hydroxyl groups excluding tert-OH is 8. The van der Waals surface area contributed by atoms with Crippen LogP contribution in [0, 0.1) is 0 Å². The highest BCUT2D eigenvalue weighted by Crippen LogP contribution is 2.29. The molecule has 29 heavy (non-hydrogen) atoms. The van der Waals surface area contributed by atoms with Gasteiger partial charge in [-0.2, -0.15) is 0 Å². The van der Waals surface area contributed by atoms with Gasteiger partial charge >= 0.3 is 6.29 Å². The summed E-state index contributed by atoms with van der Waals surface area (Å²) in [6.07, 6.45) is -18.5. The fraction of sp³-hybridized carbons (Fsp3) is 1.00. The molecule has 0 aromatic heterocycles. The van der Waals surface area contributed by atoms with E-state index in [2.05, 4.69) is 0 Å². The highest BCUT2D eigenvalue weighted by atomic mass is 17.3. The largest absolute Gasteiger partial charge is 0.388 e. The maximum Gasteiger partial charge on any atom is 0.332 e. The Morgan fingerprint density at radius 3 is 2.00 bits per heavy atom. The van der Waals surface area contributed by atoms with Crippen LogP contribution in [-0.2, 0) is 23.5 Å². The lowest BCUT2D eigenvalue weighted by Crippen LogP contribution is -2.63. The van der Waals surface area contributed by atoms with Gasteiger partial charge in [0, 0.05) is 0 Å². The second kappa shape index (κ2) is 9.29. The molecule has 0 aromatic carbocycles. The van der Waals surface area contributed by atoms with Crippen molar-refractivity contribution in [3.63, 3.8) is 0 Å². The maximum atomic E-state index is 10.3. The van der Waals surface area contributed by atoms with Gasteiger partial charge in [0.05, 0.1) is 13.2 Å². The molecule has 0 saturated carbocycles. The van der Waals surface area contributed by atoms with Crippen molar-refractivity contribution in [3.05, 3.63) is 0 Å². The van der Waals surface area contributed by atoms with E-state index in [1.807, 2.05) is 0 Å². The summed E-state index contributed by atoms with van der Waals surface area (Å²) in [5.74, 6) is 0. The standard InChI is InChI=1S/C15H27O14/c16-4-1-26-14(11(21)7(4)17)27-6-3-29(24)15(12(22)9(6)19)28-5-2-25-13(23)10(20)8(5)18/h4-24H,1-3H2/q+1/t4-,5-,6-,7+,8+,9+,10-,11-,12-,13+,14+,15-/m1/s1. The minimum absolute atomic E-state index is 0.344. The molecule has 3 heterocycles. The van der Waals surface area contributed by atoms with Gasteiger partial charge in [0.2, 0.25) is 6.61 Å². The molecule has 3 aliphatic heterocycles. The number of hydrogen-bond donors (Lipinski definition) is 9. The monoisotopic (exact) mass is 431 g/mol. The van der Waals surface area contributed by atoms with Crippen molar-refractivity contribution in [2.45, 2.75) is 73.8 Å². The summed E-state index contributed by atoms with van der Waals surface area (Å²) in [5, 5.41) is 88.6. The minimum atomic E-state index is -1.80. The molecule has 14 nitrogen and oxygen atoms in total. The average Bonchev–Trinajstić information content (AvgIpc) is 2.69. The maximum absolute atomic E-state index is 10.3. The summed E-state index contributed by atoms with van der Waals surface area (Å²) in [6.45, 7) is -1.22. The summed E-state index contributed by atoms with van der Waals surface area (Å²) in [7, 11) is 0. The predicted molar refractivity (Wildman–Crippen MR) is 85.9 cm³/mol. The molecule has 3 rings (SSSR count). The van der Waals surface area contributed by atoms with Crippen molar-refractivity contribution < 1.29 is 69.6 Å². The van der Waals surface area contributed by atoms with Gasteiger partial charge in [0.15, 0.2) is 24.8 Å². The fourth-order valence-electron chi connectivity index (χ4n) is 3.31. The molecule has 3 saturated heterocycles. The van der Waals surface area contributed by atoms with E-state index in [1.54, 1.807) is 0 Å². The van der Waals surface area contributed by atoms with E-state index in [-0.39, 0.29) is 13.2 Å². The highest BCUT2D eigenvalue weighted by Gasteiger charge is 2.54. The quantitative estimate of drug-likeness (QED) is 0.150. The van der Waals surface area contributed by atoms with E-state index < -0.39 is 80.4 Å². The van der Waals surface area contributed by atoms with Crippen molar-refractivity contribution >= 4 is 0 Å². The minimum Gasteiger partial charge on any atom is -0.388 e. The number of hydrogen-bond acceptors (Lipinski definition) is 13. The van der Waals surface area contributed by atoms with Crippen LogP contribution in [0.2, 0.25) is 0 Å². The van der Waals surface area contributed by atoms with Gasteiger partial charge in [-0.1, -0.05) is 0 Å². The van der Waals surface area contributed by atoms with Gasteiger partial charge in [-0.25, -0.2) is 4.52 Å². The van der Waals surface area contributed by atoms with Crippen molar-refractivity contribution in [3.8, 4) is 0 Å². The lowest BCUT2D eigenvalue weighted by atomic mass is 10.0. The van der Waals surface area contributed by atoms with Crippen molar-refractivity contribution in [2.24, 2.45) is 0 Å². The van der Waals surface area contributed by atoms with Gasteiger partial charge in [-0.15, -0.1) is 5.26 Å². The van der Waals surface area contributed by atoms with Crippen LogP contribution in [0.25, 0.3) is 0 Å². The summed E-state index contributed by atoms with van der Waals surface area (Å²) in [4.78, 5) is 0. The summed E-state index contributed by atoms with van der Waals surface area (Å²) < 4.78 is 21.9. The highest BCUT2D eigenvalue weighted by molar-refractivity contribution is 4.90. The Morgan fingerprint density at radius 2 is 1.31 bits per heavy atom. The zero-order chi connectivity index (χ0) is 21.5. The molecule has 3 fully saturated rings. The van der Waals surface area contributed by atoms with Crippen molar-refractivity contribution in [1.82, 2.24) is 0 Å². The number of rotatable bonds is 4. The molecule has 0 unspecified atom stereocenters. The molecule has 0 spiro atoms. The van der Waals surface area contributed by atoms with Crippen LogP contribution < -0.4 is 0 Å². The predicted octanol–water partition coefficient (Wildman–Crippen LogP) is -5.65. The molecule has 0 amide bonds. The third kappa shape index (κ3) is 4.70. The third-order valence-electron chi connectivity index (χ3n) is 5.14. The zero-order valence-corrected chi connectivity index (χ0v) is 15.1. The van der Waals surface area contributed by atoms with Crippen molar-refractivity contribution in [1.29, 1.82) is 0 Å². The molecule has 14 heteroatoms. The molecular formula is C15H27O14+. The fourth-order valence-corrected chi connectivity index (χ4v) is 3.31. The normalized spacial score (nSPS) is 52.4. The van der Waals surface area contributed by atoms with Crippen LogP contribution in [0.4, 0.5) is 0 Å². The first-order chi connectivity index (χ1) is 13.6. The van der Waals surface area contributed by atoms with Crippen LogP contribution >= 0.6 is 0 Å². The van der Waals surface area contributed by atoms with E-state index in [0.29, 0.717) is 0 Å². The number of aliphatic hydroxyl groups is 8. The van der Waals surface area contributed by atoms with Gasteiger partial charge in [-0.05, 0) is 0 Å². The summed E-state index contributed by atoms with van der Waals surface area (Å²) >= 11 is 0. The molecule has 3 aliphatic rings. The van der Waals surface area contributed by atoms with Crippen LogP contribution in [0.5, 0.6) is 0 Å². The summed E-state index contributed by atoms with van der Waals surface area (Å²) in [5.41, 5.74) is 0. The molecular weight excluding hydrogens is 404 g/mol. The molecule has 170 valence electrons. The first-order valence-corrected chi connectivity index (χ1v) is 8.99. The third-order valence-corrected chi connectivity index (χ3v) is 5.14. The molecule has 0 bridgehead atoms. The van der Waals surface area contributed by atoms with Crippen LogP contribution in [0.1, 0.15) is 0 Å². The van der Waals surface area contributed by atoms with Gasteiger partial charge in [0.25, 0.3) is 0 Å². The molecule has 9 N–H and O–H groups in total. The Morgan fingerprint density at radius 1 is 0.655 bits per heavy atom.